The lowest BCUT2D eigenvalue weighted by atomic mass is 10.3. The molecule has 0 saturated heterocycles. The maximum absolute atomic E-state index is 8.41. The Morgan fingerprint density at radius 1 is 1.43 bits per heavy atom. The van der Waals surface area contributed by atoms with Gasteiger partial charge in [-0.25, -0.2) is 0 Å². The van der Waals surface area contributed by atoms with Crippen molar-refractivity contribution in [1.29, 1.82) is 5.26 Å². The van der Waals surface area contributed by atoms with Crippen LogP contribution in [0.25, 0.3) is 0 Å². The molecule has 4 heteroatoms. The predicted octanol–water partition coefficient (Wildman–Crippen LogP) is 2.04. The van der Waals surface area contributed by atoms with Gasteiger partial charge in [0.25, 0.3) is 0 Å². The molecule has 1 aliphatic heterocycles. The number of benzene rings is 1. The van der Waals surface area contributed by atoms with Crippen LogP contribution in [0.2, 0.25) is 0 Å². The second-order valence-corrected chi connectivity index (χ2v) is 3.70. The fourth-order valence-corrected chi connectivity index (χ4v) is 1.70. The van der Waals surface area contributed by atoms with Gasteiger partial charge in [-0.3, -0.25) is 0 Å². The minimum absolute atomic E-state index is 0.0189. The molecular weight excluding hydrogens is 198 g/mol. The highest BCUT2D eigenvalue weighted by atomic mass is 32.2. The van der Waals surface area contributed by atoms with Gasteiger partial charge >= 0.3 is 0 Å². The predicted molar refractivity (Wildman–Crippen MR) is 54.4 cm³/mol. The molecule has 1 aromatic rings. The standard InChI is InChI=1S/C10H9NO2S/c11-7-14-6-8-5-12-9-3-1-2-4-10(9)13-8/h1-4,8H,5-6H2/t8-/m0/s1. The first-order chi connectivity index (χ1) is 6.90. The van der Waals surface area contributed by atoms with E-state index in [0.29, 0.717) is 12.4 Å². The summed E-state index contributed by atoms with van der Waals surface area (Å²) in [5, 5.41) is 10.4. The second kappa shape index (κ2) is 4.25. The Kier molecular flexibility index (Phi) is 2.80. The Labute approximate surface area is 86.6 Å². The lowest BCUT2D eigenvalue weighted by Gasteiger charge is -2.25. The van der Waals surface area contributed by atoms with E-state index >= 15 is 0 Å². The number of thiocyanates is 1. The Hall–Kier alpha value is -1.34. The van der Waals surface area contributed by atoms with Gasteiger partial charge in [0.05, 0.1) is 0 Å². The summed E-state index contributed by atoms with van der Waals surface area (Å²) in [7, 11) is 0. The van der Waals surface area contributed by atoms with Gasteiger partial charge in [-0.1, -0.05) is 12.1 Å². The van der Waals surface area contributed by atoms with Gasteiger partial charge < -0.3 is 9.47 Å². The Bertz CT molecular complexity index is 361. The van der Waals surface area contributed by atoms with E-state index in [0.717, 1.165) is 11.5 Å². The van der Waals surface area contributed by atoms with Crippen molar-refractivity contribution in [3.8, 4) is 16.9 Å². The molecule has 1 aliphatic rings. The summed E-state index contributed by atoms with van der Waals surface area (Å²) in [4.78, 5) is 0. The van der Waals surface area contributed by atoms with Gasteiger partial charge in [0, 0.05) is 5.75 Å². The normalized spacial score (nSPS) is 18.6. The molecule has 2 rings (SSSR count). The fourth-order valence-electron chi connectivity index (χ4n) is 1.28. The Morgan fingerprint density at radius 3 is 3.00 bits per heavy atom. The van der Waals surface area contributed by atoms with Crippen molar-refractivity contribution in [3.63, 3.8) is 0 Å². The van der Waals surface area contributed by atoms with Crippen molar-refractivity contribution < 1.29 is 9.47 Å². The summed E-state index contributed by atoms with van der Waals surface area (Å²) in [5.41, 5.74) is 0. The van der Waals surface area contributed by atoms with Crippen molar-refractivity contribution in [3.05, 3.63) is 24.3 Å². The third-order valence-corrected chi connectivity index (χ3v) is 2.57. The zero-order valence-electron chi connectivity index (χ0n) is 7.47. The van der Waals surface area contributed by atoms with E-state index in [2.05, 4.69) is 0 Å². The van der Waals surface area contributed by atoms with E-state index < -0.39 is 0 Å². The van der Waals surface area contributed by atoms with E-state index in [1.807, 2.05) is 29.7 Å². The molecule has 0 N–H and O–H groups in total. The van der Waals surface area contributed by atoms with Crippen LogP contribution in [0.4, 0.5) is 0 Å². The smallest absolute Gasteiger partial charge is 0.161 e. The zero-order valence-corrected chi connectivity index (χ0v) is 8.29. The van der Waals surface area contributed by atoms with Crippen LogP contribution in [0.1, 0.15) is 0 Å². The van der Waals surface area contributed by atoms with Crippen LogP contribution in [-0.4, -0.2) is 18.5 Å². The SMILES string of the molecule is N#CSC[C@@H]1COc2ccccc2O1. The van der Waals surface area contributed by atoms with Gasteiger partial charge in [0.15, 0.2) is 11.5 Å². The van der Waals surface area contributed by atoms with Crippen molar-refractivity contribution in [1.82, 2.24) is 0 Å². The van der Waals surface area contributed by atoms with Crippen molar-refractivity contribution in [2.75, 3.05) is 12.4 Å². The van der Waals surface area contributed by atoms with E-state index in [4.69, 9.17) is 14.7 Å². The number of hydrogen-bond donors (Lipinski definition) is 0. The van der Waals surface area contributed by atoms with Gasteiger partial charge in [-0.15, -0.1) is 0 Å². The summed E-state index contributed by atoms with van der Waals surface area (Å²) >= 11 is 1.19. The number of thioether (sulfide) groups is 1. The maximum Gasteiger partial charge on any atom is 0.161 e. The number of rotatable bonds is 2. The average Bonchev–Trinajstić information content (AvgIpc) is 2.26. The highest BCUT2D eigenvalue weighted by molar-refractivity contribution is 8.03. The van der Waals surface area contributed by atoms with Crippen LogP contribution in [0.3, 0.4) is 0 Å². The number of hydrogen-bond acceptors (Lipinski definition) is 4. The van der Waals surface area contributed by atoms with Crippen LogP contribution >= 0.6 is 11.8 Å². The second-order valence-electron chi connectivity index (χ2n) is 2.90. The van der Waals surface area contributed by atoms with E-state index in [-0.39, 0.29) is 6.10 Å². The largest absolute Gasteiger partial charge is 0.486 e. The summed E-state index contributed by atoms with van der Waals surface area (Å²) in [5.74, 6) is 2.19. The van der Waals surface area contributed by atoms with Crippen molar-refractivity contribution in [2.45, 2.75) is 6.10 Å². The molecule has 0 aliphatic carbocycles. The van der Waals surface area contributed by atoms with E-state index in [9.17, 15) is 0 Å². The summed E-state index contributed by atoms with van der Waals surface area (Å²) in [6, 6.07) is 7.57. The maximum atomic E-state index is 8.41. The van der Waals surface area contributed by atoms with Crippen LogP contribution in [-0.2, 0) is 0 Å². The molecule has 72 valence electrons. The first-order valence-electron chi connectivity index (χ1n) is 4.29. The number of ether oxygens (including phenoxy) is 2. The Balaban J connectivity index is 2.03. The monoisotopic (exact) mass is 207 g/mol. The number of para-hydroxylation sites is 2. The lowest BCUT2D eigenvalue weighted by Crippen LogP contribution is -2.30. The number of fused-ring (bicyclic) bond motifs is 1. The minimum atomic E-state index is -0.0189. The fraction of sp³-hybridized carbons (Fsp3) is 0.300. The van der Waals surface area contributed by atoms with Gasteiger partial charge in [0.1, 0.15) is 18.1 Å². The molecule has 0 radical (unpaired) electrons. The van der Waals surface area contributed by atoms with Gasteiger partial charge in [-0.05, 0) is 23.9 Å². The third-order valence-electron chi connectivity index (χ3n) is 1.90. The van der Waals surface area contributed by atoms with Crippen LogP contribution < -0.4 is 9.47 Å². The van der Waals surface area contributed by atoms with E-state index in [1.54, 1.807) is 0 Å². The van der Waals surface area contributed by atoms with Gasteiger partial charge in [0.2, 0.25) is 0 Å². The average molecular weight is 207 g/mol. The molecule has 1 heterocycles. The van der Waals surface area contributed by atoms with Crippen LogP contribution in [0.5, 0.6) is 11.5 Å². The molecule has 0 saturated carbocycles. The molecule has 0 spiro atoms. The van der Waals surface area contributed by atoms with Gasteiger partial charge in [-0.2, -0.15) is 5.26 Å². The van der Waals surface area contributed by atoms with Crippen molar-refractivity contribution in [2.24, 2.45) is 0 Å². The summed E-state index contributed by atoms with van der Waals surface area (Å²) < 4.78 is 11.1. The minimum Gasteiger partial charge on any atom is -0.486 e. The summed E-state index contributed by atoms with van der Waals surface area (Å²) in [6.45, 7) is 0.520. The highest BCUT2D eigenvalue weighted by Gasteiger charge is 2.20. The highest BCUT2D eigenvalue weighted by Crippen LogP contribution is 2.31. The van der Waals surface area contributed by atoms with Crippen LogP contribution in [0.15, 0.2) is 24.3 Å². The molecule has 14 heavy (non-hydrogen) atoms. The number of nitriles is 1. The molecule has 0 unspecified atom stereocenters. The van der Waals surface area contributed by atoms with Crippen LogP contribution in [0, 0.1) is 10.7 Å². The first kappa shape index (κ1) is 9.22. The molecule has 1 aromatic carbocycles. The molecule has 0 bridgehead atoms. The summed E-state index contributed by atoms with van der Waals surface area (Å²) in [6.07, 6.45) is -0.0189. The number of nitrogens with zero attached hydrogens (tertiary/aromatic N) is 1. The lowest BCUT2D eigenvalue weighted by molar-refractivity contribution is 0.107. The van der Waals surface area contributed by atoms with Crippen molar-refractivity contribution >= 4 is 11.8 Å². The van der Waals surface area contributed by atoms with E-state index in [1.165, 1.54) is 11.8 Å². The zero-order chi connectivity index (χ0) is 9.80. The molecule has 1 atom stereocenters. The molecular formula is C10H9NO2S. The topological polar surface area (TPSA) is 42.2 Å². The Morgan fingerprint density at radius 2 is 2.21 bits per heavy atom. The third kappa shape index (κ3) is 1.94. The molecule has 0 amide bonds. The molecule has 0 fully saturated rings. The quantitative estimate of drug-likeness (QED) is 0.696. The first-order valence-corrected chi connectivity index (χ1v) is 5.28. The molecule has 0 aromatic heterocycles. The molecule has 3 nitrogen and oxygen atoms in total.